The zero-order valence-electron chi connectivity index (χ0n) is 11.5. The summed E-state index contributed by atoms with van der Waals surface area (Å²) < 4.78 is 5.07. The molecule has 1 amide bonds. The van der Waals surface area contributed by atoms with Crippen LogP contribution in [0.3, 0.4) is 0 Å². The van der Waals surface area contributed by atoms with E-state index in [2.05, 4.69) is 0 Å². The van der Waals surface area contributed by atoms with Gasteiger partial charge in [0.25, 0.3) is 0 Å². The number of benzene rings is 1. The van der Waals surface area contributed by atoms with Crippen molar-refractivity contribution in [2.45, 2.75) is 25.3 Å². The fourth-order valence-corrected chi connectivity index (χ4v) is 2.51. The highest BCUT2D eigenvalue weighted by Gasteiger charge is 2.29. The van der Waals surface area contributed by atoms with Crippen LogP contribution in [0.2, 0.25) is 0 Å². The summed E-state index contributed by atoms with van der Waals surface area (Å²) in [5.41, 5.74) is 0.974. The van der Waals surface area contributed by atoms with E-state index in [1.54, 1.807) is 17.0 Å². The quantitative estimate of drug-likeness (QED) is 0.891. The Kier molecular flexibility index (Phi) is 4.77. The molecule has 1 aliphatic heterocycles. The smallest absolute Gasteiger partial charge is 0.341 e. The largest absolute Gasteiger partial charge is 0.482 e. The summed E-state index contributed by atoms with van der Waals surface area (Å²) in [6, 6.07) is 8.93. The third-order valence-electron chi connectivity index (χ3n) is 3.43. The van der Waals surface area contributed by atoms with Crippen LogP contribution in [-0.2, 0) is 9.59 Å². The van der Waals surface area contributed by atoms with Crippen LogP contribution in [-0.4, -0.2) is 35.0 Å². The molecule has 0 bridgehead atoms. The predicted octanol–water partition coefficient (Wildman–Crippen LogP) is 1.73. The number of aliphatic carboxylic acids is 1. The first kappa shape index (κ1) is 14.9. The topological polar surface area (TPSA) is 90.6 Å². The first-order valence-corrected chi connectivity index (χ1v) is 6.73. The number of hydrogen-bond acceptors (Lipinski definition) is 4. The number of amides is 1. The summed E-state index contributed by atoms with van der Waals surface area (Å²) in [6.07, 6.45) is 1.68. The average molecular weight is 288 g/mol. The van der Waals surface area contributed by atoms with E-state index in [1.165, 1.54) is 0 Å². The van der Waals surface area contributed by atoms with Gasteiger partial charge in [-0.15, -0.1) is 0 Å². The molecule has 1 saturated heterocycles. The second kappa shape index (κ2) is 6.75. The highest BCUT2D eigenvalue weighted by molar-refractivity contribution is 5.79. The molecule has 0 spiro atoms. The van der Waals surface area contributed by atoms with Crippen LogP contribution in [0.5, 0.6) is 5.75 Å². The minimum atomic E-state index is -1.02. The molecule has 1 unspecified atom stereocenters. The normalized spacial score (nSPS) is 17.3. The summed E-state index contributed by atoms with van der Waals surface area (Å²) in [6.45, 7) is 0.290. The van der Waals surface area contributed by atoms with E-state index in [0.29, 0.717) is 12.3 Å². The Bertz CT molecular complexity index is 562. The summed E-state index contributed by atoms with van der Waals surface area (Å²) in [5, 5.41) is 17.2. The fourth-order valence-electron chi connectivity index (χ4n) is 2.51. The minimum Gasteiger partial charge on any atom is -0.482 e. The lowest BCUT2D eigenvalue weighted by Gasteiger charge is -2.24. The fraction of sp³-hybridized carbons (Fsp3) is 0.400. The molecule has 6 heteroatoms. The van der Waals surface area contributed by atoms with E-state index in [1.807, 2.05) is 18.2 Å². The van der Waals surface area contributed by atoms with Gasteiger partial charge in [-0.05, 0) is 30.5 Å². The maximum atomic E-state index is 11.9. The second-order valence-electron chi connectivity index (χ2n) is 4.83. The predicted molar refractivity (Wildman–Crippen MR) is 73.5 cm³/mol. The second-order valence-corrected chi connectivity index (χ2v) is 4.83. The van der Waals surface area contributed by atoms with Crippen molar-refractivity contribution in [3.05, 3.63) is 29.8 Å². The molecule has 1 aromatic carbocycles. The SMILES string of the molecule is N#CCC(=O)N1CCCC1c1ccc(OCC(=O)O)cc1. The van der Waals surface area contributed by atoms with Crippen LogP contribution in [0.15, 0.2) is 24.3 Å². The van der Waals surface area contributed by atoms with E-state index in [9.17, 15) is 9.59 Å². The third kappa shape index (κ3) is 3.72. The molecule has 0 saturated carbocycles. The number of carboxylic acid groups (broad SMARTS) is 1. The lowest BCUT2D eigenvalue weighted by Crippen LogP contribution is -2.29. The highest BCUT2D eigenvalue weighted by Crippen LogP contribution is 2.33. The molecule has 0 aromatic heterocycles. The van der Waals surface area contributed by atoms with Gasteiger partial charge in [0.2, 0.25) is 5.91 Å². The van der Waals surface area contributed by atoms with Gasteiger partial charge in [0.1, 0.15) is 12.2 Å². The molecule has 1 heterocycles. The van der Waals surface area contributed by atoms with Crippen LogP contribution in [0, 0.1) is 11.3 Å². The Morgan fingerprint density at radius 3 is 2.71 bits per heavy atom. The first-order chi connectivity index (χ1) is 10.1. The molecule has 1 atom stereocenters. The van der Waals surface area contributed by atoms with Crippen molar-refractivity contribution in [1.29, 1.82) is 5.26 Å². The van der Waals surface area contributed by atoms with Crippen LogP contribution < -0.4 is 4.74 Å². The van der Waals surface area contributed by atoms with Gasteiger partial charge < -0.3 is 14.7 Å². The highest BCUT2D eigenvalue weighted by atomic mass is 16.5. The number of nitrogens with zero attached hydrogens (tertiary/aromatic N) is 2. The molecule has 6 nitrogen and oxygen atoms in total. The molecule has 1 aromatic rings. The van der Waals surface area contributed by atoms with Gasteiger partial charge in [-0.1, -0.05) is 12.1 Å². The molecule has 110 valence electrons. The lowest BCUT2D eigenvalue weighted by molar-refractivity contribution is -0.139. The molecule has 21 heavy (non-hydrogen) atoms. The zero-order chi connectivity index (χ0) is 15.2. The standard InChI is InChI=1S/C15H16N2O4/c16-8-7-14(18)17-9-1-2-13(17)11-3-5-12(6-4-11)21-10-15(19)20/h3-6,13H,1-2,7,9-10H2,(H,19,20). The molecule has 1 fully saturated rings. The molecule has 2 rings (SSSR count). The number of nitriles is 1. The number of ether oxygens (including phenoxy) is 1. The Balaban J connectivity index is 2.05. The summed E-state index contributed by atoms with van der Waals surface area (Å²) in [7, 11) is 0. The first-order valence-electron chi connectivity index (χ1n) is 6.73. The number of hydrogen-bond donors (Lipinski definition) is 1. The average Bonchev–Trinajstić information content (AvgIpc) is 2.95. The Morgan fingerprint density at radius 2 is 2.10 bits per heavy atom. The summed E-state index contributed by atoms with van der Waals surface area (Å²) in [5.74, 6) is -0.691. The van der Waals surface area contributed by atoms with Crippen molar-refractivity contribution in [1.82, 2.24) is 4.90 Å². The van der Waals surface area contributed by atoms with E-state index in [4.69, 9.17) is 15.1 Å². The Morgan fingerprint density at radius 1 is 1.38 bits per heavy atom. The molecular formula is C15H16N2O4. The van der Waals surface area contributed by atoms with Crippen LogP contribution in [0.25, 0.3) is 0 Å². The maximum Gasteiger partial charge on any atom is 0.341 e. The van der Waals surface area contributed by atoms with Crippen molar-refractivity contribution in [2.75, 3.05) is 13.2 Å². The Hall–Kier alpha value is -2.55. The molecule has 0 radical (unpaired) electrons. The number of likely N-dealkylation sites (tertiary alicyclic amines) is 1. The molecular weight excluding hydrogens is 272 g/mol. The van der Waals surface area contributed by atoms with Crippen LogP contribution in [0.1, 0.15) is 30.9 Å². The number of carbonyl (C=O) groups excluding carboxylic acids is 1. The van der Waals surface area contributed by atoms with Crippen molar-refractivity contribution in [3.8, 4) is 11.8 Å². The van der Waals surface area contributed by atoms with Gasteiger partial charge in [-0.25, -0.2) is 4.79 Å². The van der Waals surface area contributed by atoms with E-state index in [0.717, 1.165) is 18.4 Å². The maximum absolute atomic E-state index is 11.9. The minimum absolute atomic E-state index is 0.0145. The Labute approximate surface area is 122 Å². The molecule has 1 N–H and O–H groups in total. The van der Waals surface area contributed by atoms with Crippen LogP contribution in [0.4, 0.5) is 0 Å². The number of carbonyl (C=O) groups is 2. The number of carboxylic acids is 1. The van der Waals surface area contributed by atoms with Gasteiger partial charge in [0.15, 0.2) is 6.61 Å². The monoisotopic (exact) mass is 288 g/mol. The summed E-state index contributed by atoms with van der Waals surface area (Å²) in [4.78, 5) is 24.1. The lowest BCUT2D eigenvalue weighted by atomic mass is 10.0. The van der Waals surface area contributed by atoms with Crippen molar-refractivity contribution in [3.63, 3.8) is 0 Å². The van der Waals surface area contributed by atoms with Gasteiger partial charge in [0.05, 0.1) is 12.1 Å². The van der Waals surface area contributed by atoms with Gasteiger partial charge in [-0.2, -0.15) is 5.26 Å². The number of rotatable bonds is 5. The van der Waals surface area contributed by atoms with E-state index in [-0.39, 0.29) is 25.0 Å². The summed E-state index contributed by atoms with van der Waals surface area (Å²) >= 11 is 0. The van der Waals surface area contributed by atoms with Gasteiger partial charge >= 0.3 is 5.97 Å². The molecule has 1 aliphatic rings. The van der Waals surface area contributed by atoms with Gasteiger partial charge in [0, 0.05) is 6.54 Å². The zero-order valence-corrected chi connectivity index (χ0v) is 11.5. The van der Waals surface area contributed by atoms with Crippen molar-refractivity contribution < 1.29 is 19.4 Å². The van der Waals surface area contributed by atoms with Crippen molar-refractivity contribution >= 4 is 11.9 Å². The van der Waals surface area contributed by atoms with Gasteiger partial charge in [-0.3, -0.25) is 4.79 Å². The van der Waals surface area contributed by atoms with E-state index >= 15 is 0 Å². The van der Waals surface area contributed by atoms with Crippen LogP contribution >= 0.6 is 0 Å². The van der Waals surface area contributed by atoms with E-state index < -0.39 is 5.97 Å². The molecule has 0 aliphatic carbocycles. The third-order valence-corrected chi connectivity index (χ3v) is 3.43. The van der Waals surface area contributed by atoms with Crippen molar-refractivity contribution in [2.24, 2.45) is 0 Å².